The SMILES string of the molecule is COc1c(Cl)cccc1NC(=O)N[C@H]1CCC[C@H]1N1CCC(OC)C1. The van der Waals surface area contributed by atoms with Gasteiger partial charge in [0.15, 0.2) is 5.75 Å². The van der Waals surface area contributed by atoms with E-state index in [0.29, 0.717) is 28.6 Å². The summed E-state index contributed by atoms with van der Waals surface area (Å²) in [6, 6.07) is 5.61. The van der Waals surface area contributed by atoms with Crippen LogP contribution >= 0.6 is 11.6 Å². The average Bonchev–Trinajstić information content (AvgIpc) is 3.23. The number of nitrogens with zero attached hydrogens (tertiary/aromatic N) is 1. The van der Waals surface area contributed by atoms with Crippen LogP contribution in [0.15, 0.2) is 18.2 Å². The van der Waals surface area contributed by atoms with E-state index in [4.69, 9.17) is 21.1 Å². The molecule has 7 heteroatoms. The Kier molecular flexibility index (Phi) is 6.04. The summed E-state index contributed by atoms with van der Waals surface area (Å²) in [6.45, 7) is 1.98. The zero-order valence-corrected chi connectivity index (χ0v) is 15.5. The quantitative estimate of drug-likeness (QED) is 0.839. The lowest BCUT2D eigenvalue weighted by Crippen LogP contribution is -2.49. The van der Waals surface area contributed by atoms with E-state index < -0.39 is 0 Å². The number of likely N-dealkylation sites (tertiary alicyclic amines) is 1. The molecule has 3 rings (SSSR count). The third-order valence-electron chi connectivity index (χ3n) is 5.19. The van der Waals surface area contributed by atoms with E-state index in [1.807, 2.05) is 0 Å². The smallest absolute Gasteiger partial charge is 0.319 e. The second-order valence-electron chi connectivity index (χ2n) is 6.67. The van der Waals surface area contributed by atoms with Gasteiger partial charge in [-0.3, -0.25) is 4.90 Å². The van der Waals surface area contributed by atoms with Crippen molar-refractivity contribution in [1.29, 1.82) is 0 Å². The monoisotopic (exact) mass is 367 g/mol. The Hall–Kier alpha value is -1.50. The summed E-state index contributed by atoms with van der Waals surface area (Å²) < 4.78 is 10.7. The minimum atomic E-state index is -0.222. The molecule has 0 radical (unpaired) electrons. The molecule has 1 heterocycles. The standard InChI is InChI=1S/C18H26ClN3O3/c1-24-12-9-10-22(11-12)16-8-4-6-14(16)20-18(23)21-15-7-3-5-13(19)17(15)25-2/h3,5,7,12,14,16H,4,6,8-11H2,1-2H3,(H2,20,21,23)/t12?,14-,16+/m0/s1. The first-order valence-corrected chi connectivity index (χ1v) is 9.17. The molecule has 1 unspecified atom stereocenters. The van der Waals surface area contributed by atoms with Crippen molar-refractivity contribution in [3.63, 3.8) is 0 Å². The van der Waals surface area contributed by atoms with Crippen LogP contribution in [0, 0.1) is 0 Å². The summed E-state index contributed by atoms with van der Waals surface area (Å²) in [7, 11) is 3.31. The van der Waals surface area contributed by atoms with Crippen molar-refractivity contribution in [2.24, 2.45) is 0 Å². The van der Waals surface area contributed by atoms with Gasteiger partial charge in [-0.2, -0.15) is 0 Å². The van der Waals surface area contributed by atoms with E-state index >= 15 is 0 Å². The summed E-state index contributed by atoms with van der Waals surface area (Å²) in [4.78, 5) is 14.9. The minimum Gasteiger partial charge on any atom is -0.493 e. The van der Waals surface area contributed by atoms with Gasteiger partial charge in [-0.25, -0.2) is 4.79 Å². The van der Waals surface area contributed by atoms with E-state index in [9.17, 15) is 4.79 Å². The van der Waals surface area contributed by atoms with Crippen LogP contribution in [0.3, 0.4) is 0 Å². The van der Waals surface area contributed by atoms with Gasteiger partial charge in [0.2, 0.25) is 0 Å². The molecule has 25 heavy (non-hydrogen) atoms. The molecular weight excluding hydrogens is 342 g/mol. The number of hydrogen-bond donors (Lipinski definition) is 2. The van der Waals surface area contributed by atoms with Gasteiger partial charge in [-0.15, -0.1) is 0 Å². The Labute approximate surface area is 153 Å². The Morgan fingerprint density at radius 2 is 2.12 bits per heavy atom. The maximum absolute atomic E-state index is 12.5. The van der Waals surface area contributed by atoms with Gasteiger partial charge in [0.05, 0.1) is 23.9 Å². The van der Waals surface area contributed by atoms with Crippen molar-refractivity contribution in [1.82, 2.24) is 10.2 Å². The third kappa shape index (κ3) is 4.19. The number of hydrogen-bond acceptors (Lipinski definition) is 4. The first-order chi connectivity index (χ1) is 12.1. The van der Waals surface area contributed by atoms with Crippen molar-refractivity contribution in [2.75, 3.05) is 32.6 Å². The van der Waals surface area contributed by atoms with Crippen molar-refractivity contribution in [2.45, 2.75) is 43.9 Å². The van der Waals surface area contributed by atoms with Crippen molar-refractivity contribution < 1.29 is 14.3 Å². The molecule has 138 valence electrons. The van der Waals surface area contributed by atoms with Crippen LogP contribution in [0.4, 0.5) is 10.5 Å². The van der Waals surface area contributed by atoms with Crippen LogP contribution in [-0.4, -0.2) is 56.4 Å². The van der Waals surface area contributed by atoms with Crippen LogP contribution in [-0.2, 0) is 4.74 Å². The zero-order chi connectivity index (χ0) is 17.8. The number of amides is 2. The van der Waals surface area contributed by atoms with Gasteiger partial charge >= 0.3 is 6.03 Å². The van der Waals surface area contributed by atoms with Gasteiger partial charge in [0, 0.05) is 32.3 Å². The van der Waals surface area contributed by atoms with Gasteiger partial charge < -0.3 is 20.1 Å². The van der Waals surface area contributed by atoms with Crippen LogP contribution < -0.4 is 15.4 Å². The predicted octanol–water partition coefficient (Wildman–Crippen LogP) is 3.11. The number of urea groups is 1. The normalized spacial score (nSPS) is 26.6. The number of carbonyl (C=O) groups excluding carboxylic acids is 1. The molecule has 2 aliphatic rings. The highest BCUT2D eigenvalue weighted by Gasteiger charge is 2.36. The highest BCUT2D eigenvalue weighted by molar-refractivity contribution is 6.32. The summed E-state index contributed by atoms with van der Waals surface area (Å²) in [6.07, 6.45) is 4.61. The summed E-state index contributed by atoms with van der Waals surface area (Å²) >= 11 is 6.10. The van der Waals surface area contributed by atoms with Gasteiger partial charge in [-0.1, -0.05) is 17.7 Å². The van der Waals surface area contributed by atoms with Crippen LogP contribution in [0.25, 0.3) is 0 Å². The molecule has 2 amide bonds. The number of methoxy groups -OCH3 is 2. The van der Waals surface area contributed by atoms with Crippen molar-refractivity contribution in [3.8, 4) is 5.75 Å². The fourth-order valence-corrected chi connectivity index (χ4v) is 4.19. The Balaban J connectivity index is 1.60. The molecule has 2 N–H and O–H groups in total. The third-order valence-corrected chi connectivity index (χ3v) is 5.49. The number of anilines is 1. The predicted molar refractivity (Wildman–Crippen MR) is 98.6 cm³/mol. The molecule has 3 atom stereocenters. The number of ether oxygens (including phenoxy) is 2. The first kappa shape index (κ1) is 18.3. The molecule has 2 fully saturated rings. The number of benzene rings is 1. The largest absolute Gasteiger partial charge is 0.493 e. The molecule has 0 bridgehead atoms. The number of rotatable bonds is 5. The van der Waals surface area contributed by atoms with Crippen LogP contribution in [0.1, 0.15) is 25.7 Å². The second-order valence-corrected chi connectivity index (χ2v) is 7.07. The molecule has 1 saturated carbocycles. The lowest BCUT2D eigenvalue weighted by molar-refractivity contribution is 0.0985. The van der Waals surface area contributed by atoms with Crippen LogP contribution in [0.5, 0.6) is 5.75 Å². The van der Waals surface area contributed by atoms with Crippen LogP contribution in [0.2, 0.25) is 5.02 Å². The van der Waals surface area contributed by atoms with E-state index in [2.05, 4.69) is 15.5 Å². The Morgan fingerprint density at radius 1 is 1.28 bits per heavy atom. The molecule has 6 nitrogen and oxygen atoms in total. The molecule has 1 aliphatic heterocycles. The molecule has 0 aromatic heterocycles. The highest BCUT2D eigenvalue weighted by Crippen LogP contribution is 2.33. The van der Waals surface area contributed by atoms with Crippen molar-refractivity contribution in [3.05, 3.63) is 23.2 Å². The summed E-state index contributed by atoms with van der Waals surface area (Å²) in [5.41, 5.74) is 0.572. The van der Waals surface area contributed by atoms with Crippen molar-refractivity contribution >= 4 is 23.3 Å². The van der Waals surface area contributed by atoms with Gasteiger partial charge in [0.25, 0.3) is 0 Å². The van der Waals surface area contributed by atoms with Gasteiger partial charge in [0.1, 0.15) is 0 Å². The molecule has 1 saturated heterocycles. The molecular formula is C18H26ClN3O3. The number of nitrogens with one attached hydrogen (secondary N) is 2. The highest BCUT2D eigenvalue weighted by atomic mass is 35.5. The van der Waals surface area contributed by atoms with E-state index in [-0.39, 0.29) is 12.1 Å². The number of carbonyl (C=O) groups is 1. The lowest BCUT2D eigenvalue weighted by Gasteiger charge is -2.30. The molecule has 1 aliphatic carbocycles. The molecule has 0 spiro atoms. The fourth-order valence-electron chi connectivity index (χ4n) is 3.93. The maximum Gasteiger partial charge on any atom is 0.319 e. The maximum atomic E-state index is 12.5. The number of para-hydroxylation sites is 1. The lowest BCUT2D eigenvalue weighted by atomic mass is 10.1. The Bertz CT molecular complexity index is 613. The molecule has 1 aromatic rings. The number of halogens is 1. The van der Waals surface area contributed by atoms with Gasteiger partial charge in [-0.05, 0) is 37.8 Å². The van der Waals surface area contributed by atoms with E-state index in [1.54, 1.807) is 25.3 Å². The molecule has 1 aromatic carbocycles. The summed E-state index contributed by atoms with van der Waals surface area (Å²) in [5, 5.41) is 6.46. The summed E-state index contributed by atoms with van der Waals surface area (Å²) in [5.74, 6) is 0.477. The fraction of sp³-hybridized carbons (Fsp3) is 0.611. The average molecular weight is 368 g/mol. The second kappa shape index (κ2) is 8.25. The zero-order valence-electron chi connectivity index (χ0n) is 14.8. The van der Waals surface area contributed by atoms with E-state index in [0.717, 1.165) is 38.8 Å². The van der Waals surface area contributed by atoms with E-state index in [1.165, 1.54) is 7.11 Å². The minimum absolute atomic E-state index is 0.154. The first-order valence-electron chi connectivity index (χ1n) is 8.79. The Morgan fingerprint density at radius 3 is 2.84 bits per heavy atom. The topological polar surface area (TPSA) is 62.8 Å².